The van der Waals surface area contributed by atoms with Gasteiger partial charge in [-0.15, -0.1) is 0 Å². The Balaban J connectivity index is 2.52. The first-order chi connectivity index (χ1) is 7.77. The Bertz CT molecular complexity index is 432. The normalized spacial score (nSPS) is 13.4. The van der Waals surface area contributed by atoms with Crippen LogP contribution in [-0.2, 0) is 0 Å². The summed E-state index contributed by atoms with van der Waals surface area (Å²) in [4.78, 5) is 0. The van der Waals surface area contributed by atoms with Crippen molar-refractivity contribution in [3.05, 3.63) is 22.7 Å². The number of nitrogens with two attached hydrogens (primary N) is 1. The van der Waals surface area contributed by atoms with Crippen molar-refractivity contribution in [3.63, 3.8) is 0 Å². The summed E-state index contributed by atoms with van der Waals surface area (Å²) >= 11 is 6.14. The molecule has 86 valence electrons. The van der Waals surface area contributed by atoms with E-state index in [1.54, 1.807) is 7.11 Å². The number of hydrogen-bond acceptors (Lipinski definition) is 4. The molecule has 2 N–H and O–H groups in total. The number of halogens is 1. The molecule has 1 aromatic rings. The van der Waals surface area contributed by atoms with Gasteiger partial charge in [-0.2, -0.15) is 0 Å². The van der Waals surface area contributed by atoms with Crippen LogP contribution in [0.5, 0.6) is 17.2 Å². The Kier molecular flexibility index (Phi) is 3.22. The first kappa shape index (κ1) is 11.1. The first-order valence-corrected chi connectivity index (χ1v) is 5.18. The van der Waals surface area contributed by atoms with E-state index in [1.807, 2.05) is 18.2 Å². The highest BCUT2D eigenvalue weighted by atomic mass is 35.5. The van der Waals surface area contributed by atoms with E-state index in [-0.39, 0.29) is 6.79 Å². The summed E-state index contributed by atoms with van der Waals surface area (Å²) in [6.07, 6.45) is 3.66. The van der Waals surface area contributed by atoms with Gasteiger partial charge in [0.05, 0.1) is 7.11 Å². The standard InChI is InChI=1S/C11H12ClNO3/c1-14-10-7(3-2-4-13)5-8-11(9(10)12)16-6-15-8/h2-3,5H,4,6,13H2,1H3/b3-2+. The molecule has 1 aliphatic rings. The van der Waals surface area contributed by atoms with Crippen LogP contribution in [0.25, 0.3) is 6.08 Å². The minimum atomic E-state index is 0.183. The largest absolute Gasteiger partial charge is 0.494 e. The van der Waals surface area contributed by atoms with Crippen LogP contribution in [0, 0.1) is 0 Å². The Morgan fingerprint density at radius 1 is 1.56 bits per heavy atom. The summed E-state index contributed by atoms with van der Waals surface area (Å²) in [6, 6.07) is 1.82. The lowest BCUT2D eigenvalue weighted by molar-refractivity contribution is 0.174. The molecule has 0 saturated carbocycles. The highest BCUT2D eigenvalue weighted by Crippen LogP contribution is 2.46. The third-order valence-electron chi connectivity index (χ3n) is 2.23. The molecule has 4 nitrogen and oxygen atoms in total. The third kappa shape index (κ3) is 1.81. The Hall–Kier alpha value is -1.39. The van der Waals surface area contributed by atoms with E-state index >= 15 is 0 Å². The molecule has 0 aromatic heterocycles. The molecule has 0 amide bonds. The maximum absolute atomic E-state index is 6.14. The van der Waals surface area contributed by atoms with Crippen molar-refractivity contribution in [2.45, 2.75) is 0 Å². The predicted octanol–water partition coefficient (Wildman–Crippen LogP) is 2.05. The van der Waals surface area contributed by atoms with Gasteiger partial charge in [0.25, 0.3) is 0 Å². The zero-order valence-corrected chi connectivity index (χ0v) is 9.58. The van der Waals surface area contributed by atoms with Gasteiger partial charge in [-0.25, -0.2) is 0 Å². The van der Waals surface area contributed by atoms with Crippen molar-refractivity contribution in [1.29, 1.82) is 0 Å². The van der Waals surface area contributed by atoms with Gasteiger partial charge in [-0.1, -0.05) is 23.8 Å². The molecule has 0 unspecified atom stereocenters. The van der Waals surface area contributed by atoms with Gasteiger partial charge in [-0.3, -0.25) is 0 Å². The first-order valence-electron chi connectivity index (χ1n) is 4.80. The SMILES string of the molecule is COc1c(/C=C/CN)cc2c(c1Cl)OCO2. The van der Waals surface area contributed by atoms with Crippen molar-refractivity contribution in [2.24, 2.45) is 5.73 Å². The van der Waals surface area contributed by atoms with Gasteiger partial charge in [0.1, 0.15) is 10.8 Å². The van der Waals surface area contributed by atoms with Gasteiger partial charge in [-0.05, 0) is 6.07 Å². The number of ether oxygens (including phenoxy) is 3. The molecule has 2 rings (SSSR count). The van der Waals surface area contributed by atoms with Crippen LogP contribution >= 0.6 is 11.6 Å². The van der Waals surface area contributed by atoms with Crippen LogP contribution in [0.3, 0.4) is 0 Å². The fourth-order valence-electron chi connectivity index (χ4n) is 1.53. The maximum Gasteiger partial charge on any atom is 0.231 e. The second kappa shape index (κ2) is 4.63. The van der Waals surface area contributed by atoms with Crippen LogP contribution < -0.4 is 19.9 Å². The molecule has 16 heavy (non-hydrogen) atoms. The Morgan fingerprint density at radius 2 is 2.38 bits per heavy atom. The molecule has 0 radical (unpaired) electrons. The van der Waals surface area contributed by atoms with E-state index in [4.69, 9.17) is 31.5 Å². The summed E-state index contributed by atoms with van der Waals surface area (Å²) in [5.41, 5.74) is 6.22. The summed E-state index contributed by atoms with van der Waals surface area (Å²) < 4.78 is 15.8. The molecule has 0 aliphatic carbocycles. The number of benzene rings is 1. The molecule has 0 bridgehead atoms. The Labute approximate surface area is 98.5 Å². The lowest BCUT2D eigenvalue weighted by Gasteiger charge is -2.09. The van der Waals surface area contributed by atoms with E-state index in [0.717, 1.165) is 5.56 Å². The molecule has 0 spiro atoms. The number of fused-ring (bicyclic) bond motifs is 1. The minimum Gasteiger partial charge on any atom is -0.494 e. The van der Waals surface area contributed by atoms with Crippen LogP contribution in [0.1, 0.15) is 5.56 Å². The van der Waals surface area contributed by atoms with Crippen LogP contribution in [0.2, 0.25) is 5.02 Å². The number of hydrogen-bond donors (Lipinski definition) is 1. The topological polar surface area (TPSA) is 53.7 Å². The van der Waals surface area contributed by atoms with Crippen LogP contribution in [0.15, 0.2) is 12.1 Å². The fraction of sp³-hybridized carbons (Fsp3) is 0.273. The monoisotopic (exact) mass is 241 g/mol. The van der Waals surface area contributed by atoms with Crippen molar-refractivity contribution in [3.8, 4) is 17.2 Å². The Morgan fingerprint density at radius 3 is 3.06 bits per heavy atom. The average Bonchev–Trinajstić information content (AvgIpc) is 2.75. The average molecular weight is 242 g/mol. The van der Waals surface area contributed by atoms with Crippen molar-refractivity contribution >= 4 is 17.7 Å². The summed E-state index contributed by atoms with van der Waals surface area (Å²) in [7, 11) is 1.56. The molecular weight excluding hydrogens is 230 g/mol. The lowest BCUT2D eigenvalue weighted by Crippen LogP contribution is -1.94. The van der Waals surface area contributed by atoms with E-state index in [0.29, 0.717) is 28.8 Å². The summed E-state index contributed by atoms with van der Waals surface area (Å²) in [5, 5.41) is 0.425. The highest BCUT2D eigenvalue weighted by molar-refractivity contribution is 6.34. The molecule has 0 saturated heterocycles. The quantitative estimate of drug-likeness (QED) is 0.880. The lowest BCUT2D eigenvalue weighted by atomic mass is 10.1. The fourth-order valence-corrected chi connectivity index (χ4v) is 1.86. The van der Waals surface area contributed by atoms with Gasteiger partial charge in [0, 0.05) is 12.1 Å². The van der Waals surface area contributed by atoms with Crippen molar-refractivity contribution in [2.75, 3.05) is 20.4 Å². The molecular formula is C11H12ClNO3. The summed E-state index contributed by atoms with van der Waals surface area (Å²) in [5.74, 6) is 1.72. The van der Waals surface area contributed by atoms with E-state index in [9.17, 15) is 0 Å². The molecule has 5 heteroatoms. The third-order valence-corrected chi connectivity index (χ3v) is 2.57. The van der Waals surface area contributed by atoms with E-state index < -0.39 is 0 Å². The number of methoxy groups -OCH3 is 1. The van der Waals surface area contributed by atoms with Gasteiger partial charge >= 0.3 is 0 Å². The van der Waals surface area contributed by atoms with E-state index in [2.05, 4.69) is 0 Å². The second-order valence-electron chi connectivity index (χ2n) is 3.18. The molecule has 0 fully saturated rings. The van der Waals surface area contributed by atoms with Gasteiger partial charge in [0.2, 0.25) is 6.79 Å². The summed E-state index contributed by atoms with van der Waals surface area (Å²) in [6.45, 7) is 0.636. The molecule has 1 heterocycles. The molecule has 1 aromatic carbocycles. The maximum atomic E-state index is 6.14. The minimum absolute atomic E-state index is 0.183. The van der Waals surface area contributed by atoms with Crippen LogP contribution in [-0.4, -0.2) is 20.4 Å². The van der Waals surface area contributed by atoms with Gasteiger partial charge in [0.15, 0.2) is 11.5 Å². The smallest absolute Gasteiger partial charge is 0.231 e. The molecule has 0 atom stereocenters. The van der Waals surface area contributed by atoms with Crippen molar-refractivity contribution in [1.82, 2.24) is 0 Å². The molecule has 1 aliphatic heterocycles. The van der Waals surface area contributed by atoms with Crippen molar-refractivity contribution < 1.29 is 14.2 Å². The predicted molar refractivity (Wildman–Crippen MR) is 62.2 cm³/mol. The zero-order valence-electron chi connectivity index (χ0n) is 8.83. The number of rotatable bonds is 3. The van der Waals surface area contributed by atoms with Gasteiger partial charge < -0.3 is 19.9 Å². The van der Waals surface area contributed by atoms with E-state index in [1.165, 1.54) is 0 Å². The highest BCUT2D eigenvalue weighted by Gasteiger charge is 2.22. The zero-order chi connectivity index (χ0) is 11.5. The van der Waals surface area contributed by atoms with Crippen LogP contribution in [0.4, 0.5) is 0 Å². The second-order valence-corrected chi connectivity index (χ2v) is 3.56.